The highest BCUT2D eigenvalue weighted by Crippen LogP contribution is 2.22. The molecule has 0 radical (unpaired) electrons. The van der Waals surface area contributed by atoms with Crippen LogP contribution in [0.2, 0.25) is 0 Å². The Bertz CT molecular complexity index is 403. The number of ether oxygens (including phenoxy) is 1. The first-order valence-corrected chi connectivity index (χ1v) is 6.34. The normalized spacial score (nSPS) is 19.7. The van der Waals surface area contributed by atoms with E-state index < -0.39 is 0 Å². The lowest BCUT2D eigenvalue weighted by Gasteiger charge is -2.33. The highest BCUT2D eigenvalue weighted by Gasteiger charge is 2.19. The summed E-state index contributed by atoms with van der Waals surface area (Å²) in [6.45, 7) is 3.52. The van der Waals surface area contributed by atoms with E-state index in [-0.39, 0.29) is 5.91 Å². The Balaban J connectivity index is 2.02. The van der Waals surface area contributed by atoms with Crippen LogP contribution >= 0.6 is 0 Å². The average molecular weight is 248 g/mol. The molecule has 98 valence electrons. The lowest BCUT2D eigenvalue weighted by Crippen LogP contribution is -2.39. The van der Waals surface area contributed by atoms with Crippen molar-refractivity contribution in [1.29, 1.82) is 0 Å². The van der Waals surface area contributed by atoms with E-state index in [1.807, 2.05) is 24.3 Å². The van der Waals surface area contributed by atoms with Crippen LogP contribution in [-0.4, -0.2) is 32.2 Å². The first kappa shape index (κ1) is 12.9. The largest absolute Gasteiger partial charge is 0.380 e. The summed E-state index contributed by atoms with van der Waals surface area (Å²) in [4.78, 5) is 13.3. The molecular formula is C14H20N2O2. The van der Waals surface area contributed by atoms with E-state index in [1.54, 1.807) is 7.11 Å². The third kappa shape index (κ3) is 3.23. The Morgan fingerprint density at radius 1 is 1.39 bits per heavy atom. The summed E-state index contributed by atoms with van der Waals surface area (Å²) in [5.74, 6) is -0.0415. The molecule has 1 amide bonds. The van der Waals surface area contributed by atoms with Gasteiger partial charge in [-0.05, 0) is 37.1 Å². The number of methoxy groups -OCH3 is 1. The summed E-state index contributed by atoms with van der Waals surface area (Å²) in [7, 11) is 1.77. The number of hydrogen-bond acceptors (Lipinski definition) is 3. The molecule has 1 aromatic carbocycles. The van der Waals surface area contributed by atoms with E-state index in [9.17, 15) is 4.79 Å². The Morgan fingerprint density at radius 2 is 2.11 bits per heavy atom. The molecule has 0 saturated carbocycles. The minimum atomic E-state index is -0.0415. The van der Waals surface area contributed by atoms with Crippen LogP contribution in [0, 0.1) is 0 Å². The molecule has 1 saturated heterocycles. The van der Waals surface area contributed by atoms with Crippen molar-refractivity contribution in [3.8, 4) is 0 Å². The molecule has 0 bridgehead atoms. The number of benzene rings is 1. The van der Waals surface area contributed by atoms with Gasteiger partial charge in [-0.1, -0.05) is 0 Å². The molecule has 1 aromatic rings. The van der Waals surface area contributed by atoms with Gasteiger partial charge in [0.15, 0.2) is 0 Å². The molecule has 4 heteroatoms. The van der Waals surface area contributed by atoms with Gasteiger partial charge in [-0.2, -0.15) is 0 Å². The third-order valence-corrected chi connectivity index (χ3v) is 3.26. The zero-order valence-corrected chi connectivity index (χ0v) is 11.0. The van der Waals surface area contributed by atoms with Crippen molar-refractivity contribution in [3.05, 3.63) is 24.3 Å². The van der Waals surface area contributed by atoms with Crippen LogP contribution < -0.4 is 10.2 Å². The Morgan fingerprint density at radius 3 is 2.72 bits per heavy atom. The maximum Gasteiger partial charge on any atom is 0.221 e. The van der Waals surface area contributed by atoms with Gasteiger partial charge in [0, 0.05) is 38.5 Å². The van der Waals surface area contributed by atoms with Crippen molar-refractivity contribution < 1.29 is 9.53 Å². The number of piperidine rings is 1. The Hall–Kier alpha value is -1.55. The first-order valence-electron chi connectivity index (χ1n) is 6.34. The number of rotatable bonds is 3. The average Bonchev–Trinajstić information content (AvgIpc) is 2.39. The number of carbonyl (C=O) groups is 1. The second-order valence-electron chi connectivity index (χ2n) is 4.67. The SMILES string of the molecule is CO[C@@H]1CCCN(c2ccc(NC(C)=O)cc2)C1. The van der Waals surface area contributed by atoms with Crippen LogP contribution in [0.5, 0.6) is 0 Å². The lowest BCUT2D eigenvalue weighted by molar-refractivity contribution is -0.114. The molecule has 18 heavy (non-hydrogen) atoms. The third-order valence-electron chi connectivity index (χ3n) is 3.26. The summed E-state index contributed by atoms with van der Waals surface area (Å²) < 4.78 is 5.42. The Labute approximate surface area is 108 Å². The van der Waals surface area contributed by atoms with Crippen molar-refractivity contribution in [2.24, 2.45) is 0 Å². The standard InChI is InChI=1S/C14H20N2O2/c1-11(17)15-12-5-7-13(8-6-12)16-9-3-4-14(10-16)18-2/h5-8,14H,3-4,9-10H2,1-2H3,(H,15,17)/t14-/m1/s1. The van der Waals surface area contributed by atoms with E-state index in [0.717, 1.165) is 31.6 Å². The monoisotopic (exact) mass is 248 g/mol. The molecule has 1 N–H and O–H groups in total. The maximum absolute atomic E-state index is 10.9. The number of hydrogen-bond donors (Lipinski definition) is 1. The highest BCUT2D eigenvalue weighted by atomic mass is 16.5. The summed E-state index contributed by atoms with van der Waals surface area (Å²) in [5, 5.41) is 2.77. The summed E-state index contributed by atoms with van der Waals surface area (Å²) in [6, 6.07) is 7.97. The molecule has 1 aliphatic rings. The first-order chi connectivity index (χ1) is 8.69. The van der Waals surface area contributed by atoms with E-state index in [2.05, 4.69) is 10.2 Å². The smallest absolute Gasteiger partial charge is 0.221 e. The van der Waals surface area contributed by atoms with E-state index >= 15 is 0 Å². The van der Waals surface area contributed by atoms with Crippen LogP contribution in [0.15, 0.2) is 24.3 Å². The molecule has 0 aromatic heterocycles. The number of anilines is 2. The molecule has 2 rings (SSSR count). The van der Waals surface area contributed by atoms with Crippen molar-refractivity contribution in [2.45, 2.75) is 25.9 Å². The molecule has 1 atom stereocenters. The summed E-state index contributed by atoms with van der Waals surface area (Å²) >= 11 is 0. The van der Waals surface area contributed by atoms with Gasteiger partial charge < -0.3 is 15.0 Å². The fraction of sp³-hybridized carbons (Fsp3) is 0.500. The summed E-state index contributed by atoms with van der Waals surface area (Å²) in [6.07, 6.45) is 2.62. The van der Waals surface area contributed by atoms with Gasteiger partial charge in [-0.3, -0.25) is 4.79 Å². The number of amides is 1. The number of carbonyl (C=O) groups excluding carboxylic acids is 1. The van der Waals surface area contributed by atoms with Crippen LogP contribution in [0.3, 0.4) is 0 Å². The molecule has 1 aliphatic heterocycles. The minimum Gasteiger partial charge on any atom is -0.380 e. The van der Waals surface area contributed by atoms with Gasteiger partial charge in [0.1, 0.15) is 0 Å². The number of nitrogens with one attached hydrogen (secondary N) is 1. The zero-order valence-electron chi connectivity index (χ0n) is 11.0. The predicted octanol–water partition coefficient (Wildman–Crippen LogP) is 2.26. The van der Waals surface area contributed by atoms with Crippen LogP contribution in [0.4, 0.5) is 11.4 Å². The van der Waals surface area contributed by atoms with Crippen LogP contribution in [0.25, 0.3) is 0 Å². The minimum absolute atomic E-state index is 0.0415. The fourth-order valence-corrected chi connectivity index (χ4v) is 2.32. The van der Waals surface area contributed by atoms with Gasteiger partial charge in [-0.15, -0.1) is 0 Å². The van der Waals surface area contributed by atoms with Crippen molar-refractivity contribution in [2.75, 3.05) is 30.4 Å². The van der Waals surface area contributed by atoms with Crippen LogP contribution in [-0.2, 0) is 9.53 Å². The molecule has 1 fully saturated rings. The molecule has 1 heterocycles. The second kappa shape index (κ2) is 5.87. The maximum atomic E-state index is 10.9. The van der Waals surface area contributed by atoms with Gasteiger partial charge in [-0.25, -0.2) is 0 Å². The van der Waals surface area contributed by atoms with Gasteiger partial charge in [0.05, 0.1) is 6.10 Å². The van der Waals surface area contributed by atoms with E-state index in [4.69, 9.17) is 4.74 Å². The molecular weight excluding hydrogens is 228 g/mol. The van der Waals surface area contributed by atoms with Crippen molar-refractivity contribution in [3.63, 3.8) is 0 Å². The lowest BCUT2D eigenvalue weighted by atomic mass is 10.1. The van der Waals surface area contributed by atoms with Gasteiger partial charge in [0.2, 0.25) is 5.91 Å². The number of nitrogens with zero attached hydrogens (tertiary/aromatic N) is 1. The van der Waals surface area contributed by atoms with Crippen molar-refractivity contribution in [1.82, 2.24) is 0 Å². The summed E-state index contributed by atoms with van der Waals surface area (Å²) in [5.41, 5.74) is 2.03. The van der Waals surface area contributed by atoms with Gasteiger partial charge >= 0.3 is 0 Å². The van der Waals surface area contributed by atoms with E-state index in [0.29, 0.717) is 6.10 Å². The molecule has 0 unspecified atom stereocenters. The topological polar surface area (TPSA) is 41.6 Å². The fourth-order valence-electron chi connectivity index (χ4n) is 2.32. The molecule has 4 nitrogen and oxygen atoms in total. The van der Waals surface area contributed by atoms with E-state index in [1.165, 1.54) is 12.6 Å². The zero-order chi connectivity index (χ0) is 13.0. The molecule has 0 spiro atoms. The second-order valence-corrected chi connectivity index (χ2v) is 4.67. The predicted molar refractivity (Wildman–Crippen MR) is 73.0 cm³/mol. The molecule has 0 aliphatic carbocycles. The Kier molecular flexibility index (Phi) is 4.20. The quantitative estimate of drug-likeness (QED) is 0.892. The van der Waals surface area contributed by atoms with Crippen molar-refractivity contribution >= 4 is 17.3 Å². The van der Waals surface area contributed by atoms with Crippen LogP contribution in [0.1, 0.15) is 19.8 Å². The highest BCUT2D eigenvalue weighted by molar-refractivity contribution is 5.88. The van der Waals surface area contributed by atoms with Gasteiger partial charge in [0.25, 0.3) is 0 Å².